The number of nitrogens with zero attached hydrogens (tertiary/aromatic N) is 1. The van der Waals surface area contributed by atoms with E-state index in [0.29, 0.717) is 0 Å². The van der Waals surface area contributed by atoms with Crippen molar-refractivity contribution in [2.45, 2.75) is 26.9 Å². The summed E-state index contributed by atoms with van der Waals surface area (Å²) in [7, 11) is 2.11. The Morgan fingerprint density at radius 2 is 1.42 bits per heavy atom. The zero-order chi connectivity index (χ0) is 18.3. The van der Waals surface area contributed by atoms with Crippen molar-refractivity contribution in [2.24, 2.45) is 0 Å². The van der Waals surface area contributed by atoms with Crippen LogP contribution in [0, 0.1) is 6.92 Å². The highest BCUT2D eigenvalue weighted by molar-refractivity contribution is 7.25. The van der Waals surface area contributed by atoms with Gasteiger partial charge in [-0.05, 0) is 75.4 Å². The lowest BCUT2D eigenvalue weighted by atomic mass is 10.1. The van der Waals surface area contributed by atoms with Gasteiger partial charge in [0.15, 0.2) is 0 Å². The van der Waals surface area contributed by atoms with Crippen molar-refractivity contribution >= 4 is 42.9 Å². The quantitative estimate of drug-likeness (QED) is 0.391. The average Bonchev–Trinajstić information content (AvgIpc) is 2.98. The molecule has 0 saturated heterocycles. The first-order chi connectivity index (χ1) is 12.5. The molecule has 4 rings (SSSR count). The monoisotopic (exact) mass is 361 g/mol. The fraction of sp³-hybridized carbons (Fsp3) is 0.217. The van der Waals surface area contributed by atoms with E-state index in [2.05, 4.69) is 67.4 Å². The maximum absolute atomic E-state index is 5.74. The summed E-state index contributed by atoms with van der Waals surface area (Å²) in [6.07, 6.45) is 0.191. The highest BCUT2D eigenvalue weighted by Gasteiger charge is 2.10. The van der Waals surface area contributed by atoms with Crippen LogP contribution in [0.25, 0.3) is 20.2 Å². The molecule has 0 aliphatic heterocycles. The summed E-state index contributed by atoms with van der Waals surface area (Å²) in [5.74, 6) is 0.909. The maximum atomic E-state index is 5.74. The average molecular weight is 362 g/mol. The highest BCUT2D eigenvalue weighted by Crippen LogP contribution is 2.37. The zero-order valence-electron chi connectivity index (χ0n) is 15.6. The summed E-state index contributed by atoms with van der Waals surface area (Å²) >= 11 is 1.86. The number of ether oxygens (including phenoxy) is 1. The van der Waals surface area contributed by atoms with Crippen molar-refractivity contribution in [3.8, 4) is 5.75 Å². The van der Waals surface area contributed by atoms with E-state index in [1.807, 2.05) is 37.3 Å². The predicted octanol–water partition coefficient (Wildman–Crippen LogP) is 6.92. The zero-order valence-corrected chi connectivity index (χ0v) is 16.4. The van der Waals surface area contributed by atoms with Crippen LogP contribution < -0.4 is 9.64 Å². The summed E-state index contributed by atoms with van der Waals surface area (Å²) in [5.41, 5.74) is 3.64. The number of aryl methyl sites for hydroxylation is 1. The van der Waals surface area contributed by atoms with Gasteiger partial charge in [0, 0.05) is 38.6 Å². The molecule has 0 saturated carbocycles. The van der Waals surface area contributed by atoms with Gasteiger partial charge in [-0.2, -0.15) is 0 Å². The van der Waals surface area contributed by atoms with Gasteiger partial charge in [0.1, 0.15) is 5.75 Å². The normalized spacial score (nSPS) is 11.4. The molecule has 132 valence electrons. The fourth-order valence-electron chi connectivity index (χ4n) is 3.26. The van der Waals surface area contributed by atoms with E-state index in [9.17, 15) is 0 Å². The summed E-state index contributed by atoms with van der Waals surface area (Å²) in [6, 6.07) is 21.7. The van der Waals surface area contributed by atoms with Crippen molar-refractivity contribution in [2.75, 3.05) is 11.9 Å². The smallest absolute Gasteiger partial charge is 0.119 e. The van der Waals surface area contributed by atoms with Gasteiger partial charge in [-0.15, -0.1) is 11.3 Å². The second-order valence-electron chi connectivity index (χ2n) is 7.00. The second kappa shape index (κ2) is 6.65. The number of hydrogen-bond acceptors (Lipinski definition) is 3. The van der Waals surface area contributed by atoms with E-state index in [1.165, 1.54) is 31.4 Å². The number of hydrogen-bond donors (Lipinski definition) is 0. The molecular weight excluding hydrogens is 338 g/mol. The van der Waals surface area contributed by atoms with Crippen LogP contribution >= 0.6 is 11.3 Å². The van der Waals surface area contributed by atoms with Crippen LogP contribution in [0.5, 0.6) is 5.75 Å². The van der Waals surface area contributed by atoms with Crippen molar-refractivity contribution in [3.05, 3.63) is 66.2 Å². The summed E-state index contributed by atoms with van der Waals surface area (Å²) in [5, 5.41) is 2.68. The summed E-state index contributed by atoms with van der Waals surface area (Å²) < 4.78 is 8.43. The molecule has 3 aromatic carbocycles. The molecule has 0 fully saturated rings. The minimum absolute atomic E-state index is 0.191. The van der Waals surface area contributed by atoms with E-state index in [4.69, 9.17) is 4.74 Å². The molecule has 26 heavy (non-hydrogen) atoms. The first-order valence-corrected chi connectivity index (χ1v) is 9.76. The van der Waals surface area contributed by atoms with E-state index in [-0.39, 0.29) is 6.10 Å². The van der Waals surface area contributed by atoms with Gasteiger partial charge in [-0.3, -0.25) is 0 Å². The Balaban J connectivity index is 1.71. The van der Waals surface area contributed by atoms with E-state index in [1.54, 1.807) is 0 Å². The van der Waals surface area contributed by atoms with Gasteiger partial charge in [-0.1, -0.05) is 11.6 Å². The predicted molar refractivity (Wildman–Crippen MR) is 114 cm³/mol. The van der Waals surface area contributed by atoms with Gasteiger partial charge in [0.25, 0.3) is 0 Å². The molecule has 4 aromatic rings. The molecule has 0 aliphatic rings. The van der Waals surface area contributed by atoms with Crippen molar-refractivity contribution < 1.29 is 4.74 Å². The molecule has 1 heterocycles. The standard InChI is InChI=1S/C23H23NOS/c1-15(2)25-19-9-6-17(7-10-19)24(4)18-8-12-23-21(14-18)20-13-16(3)5-11-22(20)26-23/h5-15H,1-4H3. The Morgan fingerprint density at radius 3 is 2.12 bits per heavy atom. The third-order valence-electron chi connectivity index (χ3n) is 4.59. The van der Waals surface area contributed by atoms with Crippen molar-refractivity contribution in [1.82, 2.24) is 0 Å². The summed E-state index contributed by atoms with van der Waals surface area (Å²) in [6.45, 7) is 6.24. The third-order valence-corrected chi connectivity index (χ3v) is 5.74. The molecule has 0 radical (unpaired) electrons. The lowest BCUT2D eigenvalue weighted by molar-refractivity contribution is 0.242. The lowest BCUT2D eigenvalue weighted by Crippen LogP contribution is -2.09. The largest absolute Gasteiger partial charge is 0.491 e. The minimum Gasteiger partial charge on any atom is -0.491 e. The number of thiophene rings is 1. The van der Waals surface area contributed by atoms with E-state index in [0.717, 1.165) is 11.4 Å². The van der Waals surface area contributed by atoms with Crippen molar-refractivity contribution in [1.29, 1.82) is 0 Å². The summed E-state index contributed by atoms with van der Waals surface area (Å²) in [4.78, 5) is 2.22. The van der Waals surface area contributed by atoms with Crippen LogP contribution in [0.4, 0.5) is 11.4 Å². The molecule has 2 nitrogen and oxygen atoms in total. The van der Waals surface area contributed by atoms with Gasteiger partial charge in [0.2, 0.25) is 0 Å². The van der Waals surface area contributed by atoms with Crippen molar-refractivity contribution in [3.63, 3.8) is 0 Å². The maximum Gasteiger partial charge on any atom is 0.119 e. The molecular formula is C23H23NOS. The Kier molecular flexibility index (Phi) is 4.33. The minimum atomic E-state index is 0.191. The van der Waals surface area contributed by atoms with Crippen LogP contribution in [0.2, 0.25) is 0 Å². The Labute approximate surface area is 158 Å². The fourth-order valence-corrected chi connectivity index (χ4v) is 4.32. The highest BCUT2D eigenvalue weighted by atomic mass is 32.1. The molecule has 1 aromatic heterocycles. The topological polar surface area (TPSA) is 12.5 Å². The molecule has 0 spiro atoms. The number of fused-ring (bicyclic) bond motifs is 3. The molecule has 0 unspecified atom stereocenters. The van der Waals surface area contributed by atoms with Crippen LogP contribution in [-0.2, 0) is 0 Å². The van der Waals surface area contributed by atoms with Crippen LogP contribution in [0.15, 0.2) is 60.7 Å². The molecule has 0 N–H and O–H groups in total. The molecule has 3 heteroatoms. The SMILES string of the molecule is Cc1ccc2sc3ccc(N(C)c4ccc(OC(C)C)cc4)cc3c2c1. The van der Waals surface area contributed by atoms with Gasteiger partial charge in [0.05, 0.1) is 6.10 Å². The first kappa shape index (κ1) is 16.9. The number of rotatable bonds is 4. The number of anilines is 2. The van der Waals surface area contributed by atoms with Crippen LogP contribution in [0.1, 0.15) is 19.4 Å². The molecule has 0 atom stereocenters. The van der Waals surface area contributed by atoms with Gasteiger partial charge in [-0.25, -0.2) is 0 Å². The third kappa shape index (κ3) is 3.15. The second-order valence-corrected chi connectivity index (χ2v) is 8.09. The Morgan fingerprint density at radius 1 is 0.808 bits per heavy atom. The van der Waals surface area contributed by atoms with E-state index < -0.39 is 0 Å². The first-order valence-electron chi connectivity index (χ1n) is 8.94. The Bertz CT molecular complexity index is 1060. The van der Waals surface area contributed by atoms with Gasteiger partial charge >= 0.3 is 0 Å². The molecule has 0 amide bonds. The Hall–Kier alpha value is -2.52. The van der Waals surface area contributed by atoms with Crippen LogP contribution in [0.3, 0.4) is 0 Å². The van der Waals surface area contributed by atoms with Crippen LogP contribution in [-0.4, -0.2) is 13.2 Å². The molecule has 0 bridgehead atoms. The number of benzene rings is 3. The lowest BCUT2D eigenvalue weighted by Gasteiger charge is -2.20. The molecule has 0 aliphatic carbocycles. The van der Waals surface area contributed by atoms with Gasteiger partial charge < -0.3 is 9.64 Å². The van der Waals surface area contributed by atoms with E-state index >= 15 is 0 Å².